The summed E-state index contributed by atoms with van der Waals surface area (Å²) >= 11 is 3.34. The molecule has 4 heteroatoms. The number of hydrogen-bond donors (Lipinski definition) is 3. The minimum atomic E-state index is -0.299. The van der Waals surface area contributed by atoms with Gasteiger partial charge in [0.2, 0.25) is 0 Å². The van der Waals surface area contributed by atoms with Crippen LogP contribution in [0.4, 0.5) is 0 Å². The van der Waals surface area contributed by atoms with Crippen molar-refractivity contribution < 1.29 is 0 Å². The monoisotopic (exact) mass is 215 g/mol. The topological polar surface area (TPSA) is 64.1 Å². The first kappa shape index (κ1) is 8.67. The van der Waals surface area contributed by atoms with Crippen LogP contribution in [0.2, 0.25) is 0 Å². The summed E-state index contributed by atoms with van der Waals surface area (Å²) in [6.45, 7) is 0. The zero-order valence-electron chi connectivity index (χ0n) is 5.92. The first-order valence-electron chi connectivity index (χ1n) is 3.21. The molecule has 0 aliphatic carbocycles. The Labute approximate surface area is 73.9 Å². The zero-order chi connectivity index (χ0) is 8.27. The average molecular weight is 216 g/mol. The maximum Gasteiger partial charge on any atom is 0.0936 e. The maximum atomic E-state index is 5.61. The molecule has 0 saturated heterocycles. The van der Waals surface area contributed by atoms with Crippen LogP contribution in [-0.4, -0.2) is 0 Å². The molecule has 0 bridgehead atoms. The molecule has 0 aromatic heterocycles. The molecule has 1 aromatic carbocycles. The van der Waals surface area contributed by atoms with Crippen molar-refractivity contribution in [2.45, 2.75) is 6.17 Å². The number of halogens is 1. The van der Waals surface area contributed by atoms with Crippen molar-refractivity contribution in [2.75, 3.05) is 0 Å². The number of nitrogens with two attached hydrogens (primary N) is 2. The van der Waals surface area contributed by atoms with Crippen LogP contribution in [0.15, 0.2) is 28.7 Å². The Kier molecular flexibility index (Phi) is 3.02. The predicted molar refractivity (Wildman–Crippen MR) is 48.4 cm³/mol. The quantitative estimate of drug-likeness (QED) is 0.390. The van der Waals surface area contributed by atoms with E-state index in [1.165, 1.54) is 0 Å². The Bertz CT molecular complexity index is 239. The minimum Gasteiger partial charge on any atom is -0.311 e. The molecule has 1 unspecified atom stereocenters. The number of nitrogens with one attached hydrogen (secondary N) is 1. The van der Waals surface area contributed by atoms with Gasteiger partial charge in [-0.2, -0.15) is 0 Å². The molecule has 1 aromatic rings. The predicted octanol–water partition coefficient (Wildman–Crippen LogP) is 0.870. The van der Waals surface area contributed by atoms with Crippen LogP contribution < -0.4 is 17.0 Å². The van der Waals surface area contributed by atoms with Crippen LogP contribution in [0, 0.1) is 0 Å². The minimum absolute atomic E-state index is 0.299. The lowest BCUT2D eigenvalue weighted by Gasteiger charge is -2.09. The number of hydrogen-bond acceptors (Lipinski definition) is 3. The Hall–Kier alpha value is -0.420. The van der Waals surface area contributed by atoms with E-state index in [1.54, 1.807) is 0 Å². The molecule has 0 saturated carbocycles. The van der Waals surface area contributed by atoms with Gasteiger partial charge in [0.05, 0.1) is 6.17 Å². The van der Waals surface area contributed by atoms with E-state index in [0.717, 1.165) is 10.0 Å². The summed E-state index contributed by atoms with van der Waals surface area (Å²) in [5, 5.41) is 0. The lowest BCUT2D eigenvalue weighted by Crippen LogP contribution is -2.33. The zero-order valence-corrected chi connectivity index (χ0v) is 7.51. The van der Waals surface area contributed by atoms with Gasteiger partial charge in [0.15, 0.2) is 0 Å². The van der Waals surface area contributed by atoms with Crippen LogP contribution in [0.1, 0.15) is 11.7 Å². The Morgan fingerprint density at radius 3 is 2.73 bits per heavy atom. The lowest BCUT2D eigenvalue weighted by atomic mass is 10.2. The van der Waals surface area contributed by atoms with Gasteiger partial charge in [-0.15, -0.1) is 0 Å². The molecule has 0 amide bonds. The number of benzene rings is 1. The standard InChI is InChI=1S/C7H10BrN3/c8-6-3-1-2-5(4-6)7(9)11-10/h1-4,7,11H,9-10H2. The van der Waals surface area contributed by atoms with E-state index in [0.29, 0.717) is 0 Å². The molecule has 0 radical (unpaired) electrons. The second-order valence-corrected chi connectivity index (χ2v) is 3.12. The second kappa shape index (κ2) is 3.82. The first-order valence-corrected chi connectivity index (χ1v) is 4.00. The van der Waals surface area contributed by atoms with E-state index in [1.807, 2.05) is 24.3 Å². The normalized spacial score (nSPS) is 13.0. The first-order chi connectivity index (χ1) is 5.24. The molecular weight excluding hydrogens is 206 g/mol. The van der Waals surface area contributed by atoms with E-state index < -0.39 is 0 Å². The summed E-state index contributed by atoms with van der Waals surface area (Å²) in [7, 11) is 0. The molecule has 5 N–H and O–H groups in total. The van der Waals surface area contributed by atoms with E-state index in [4.69, 9.17) is 11.6 Å². The van der Waals surface area contributed by atoms with Crippen LogP contribution in [0.3, 0.4) is 0 Å². The number of hydrazine groups is 1. The van der Waals surface area contributed by atoms with Gasteiger partial charge in [-0.25, -0.2) is 5.43 Å². The smallest absolute Gasteiger partial charge is 0.0936 e. The highest BCUT2D eigenvalue weighted by Gasteiger charge is 2.01. The molecule has 1 rings (SSSR count). The highest BCUT2D eigenvalue weighted by molar-refractivity contribution is 9.10. The van der Waals surface area contributed by atoms with Crippen molar-refractivity contribution in [1.29, 1.82) is 0 Å². The van der Waals surface area contributed by atoms with E-state index in [-0.39, 0.29) is 6.17 Å². The third-order valence-electron chi connectivity index (χ3n) is 1.39. The maximum absolute atomic E-state index is 5.61. The Morgan fingerprint density at radius 1 is 1.45 bits per heavy atom. The van der Waals surface area contributed by atoms with Gasteiger partial charge < -0.3 is 5.73 Å². The van der Waals surface area contributed by atoms with Crippen LogP contribution in [0.25, 0.3) is 0 Å². The molecule has 1 atom stereocenters. The van der Waals surface area contributed by atoms with Gasteiger partial charge in [-0.1, -0.05) is 28.1 Å². The highest BCUT2D eigenvalue weighted by Crippen LogP contribution is 2.14. The molecular formula is C7H10BrN3. The third kappa shape index (κ3) is 2.27. The molecule has 0 aliphatic rings. The van der Waals surface area contributed by atoms with Gasteiger partial charge in [-0.3, -0.25) is 5.84 Å². The summed E-state index contributed by atoms with van der Waals surface area (Å²) in [5.41, 5.74) is 9.03. The van der Waals surface area contributed by atoms with Crippen molar-refractivity contribution in [2.24, 2.45) is 11.6 Å². The SMILES string of the molecule is NNC(N)c1cccc(Br)c1. The largest absolute Gasteiger partial charge is 0.311 e. The molecule has 60 valence electrons. The van der Waals surface area contributed by atoms with Crippen molar-refractivity contribution in [3.63, 3.8) is 0 Å². The van der Waals surface area contributed by atoms with Gasteiger partial charge in [-0.05, 0) is 17.7 Å². The van der Waals surface area contributed by atoms with Crippen molar-refractivity contribution in [3.05, 3.63) is 34.3 Å². The van der Waals surface area contributed by atoms with Crippen molar-refractivity contribution in [3.8, 4) is 0 Å². The van der Waals surface area contributed by atoms with Gasteiger partial charge in [0, 0.05) is 4.47 Å². The fourth-order valence-corrected chi connectivity index (χ4v) is 1.21. The average Bonchev–Trinajstić information content (AvgIpc) is 2.03. The molecule has 0 heterocycles. The molecule has 0 fully saturated rings. The Balaban J connectivity index is 2.86. The molecule has 0 spiro atoms. The van der Waals surface area contributed by atoms with E-state index >= 15 is 0 Å². The second-order valence-electron chi connectivity index (χ2n) is 2.20. The molecule has 0 aliphatic heterocycles. The summed E-state index contributed by atoms with van der Waals surface area (Å²) in [5.74, 6) is 5.16. The van der Waals surface area contributed by atoms with E-state index in [2.05, 4.69) is 21.4 Å². The van der Waals surface area contributed by atoms with Crippen molar-refractivity contribution in [1.82, 2.24) is 5.43 Å². The van der Waals surface area contributed by atoms with Crippen LogP contribution >= 0.6 is 15.9 Å². The van der Waals surface area contributed by atoms with Gasteiger partial charge in [0.1, 0.15) is 0 Å². The summed E-state index contributed by atoms with van der Waals surface area (Å²) < 4.78 is 1.00. The Morgan fingerprint density at radius 2 is 2.18 bits per heavy atom. The van der Waals surface area contributed by atoms with Crippen LogP contribution in [-0.2, 0) is 0 Å². The third-order valence-corrected chi connectivity index (χ3v) is 1.88. The highest BCUT2D eigenvalue weighted by atomic mass is 79.9. The summed E-state index contributed by atoms with van der Waals surface area (Å²) in [4.78, 5) is 0. The molecule has 3 nitrogen and oxygen atoms in total. The lowest BCUT2D eigenvalue weighted by molar-refractivity contribution is 0.576. The summed E-state index contributed by atoms with van der Waals surface area (Å²) in [6.07, 6.45) is -0.299. The van der Waals surface area contributed by atoms with E-state index in [9.17, 15) is 0 Å². The van der Waals surface area contributed by atoms with Gasteiger partial charge in [0.25, 0.3) is 0 Å². The fraction of sp³-hybridized carbons (Fsp3) is 0.143. The van der Waals surface area contributed by atoms with Gasteiger partial charge >= 0.3 is 0 Å². The fourth-order valence-electron chi connectivity index (χ4n) is 0.796. The summed E-state index contributed by atoms with van der Waals surface area (Å²) in [6, 6.07) is 7.68. The molecule has 11 heavy (non-hydrogen) atoms. The van der Waals surface area contributed by atoms with Crippen molar-refractivity contribution >= 4 is 15.9 Å². The van der Waals surface area contributed by atoms with Crippen LogP contribution in [0.5, 0.6) is 0 Å². The number of rotatable bonds is 2.